The number of rotatable bonds is 25. The molecule has 0 atom stereocenters. The van der Waals surface area contributed by atoms with Crippen LogP contribution in [0.3, 0.4) is 0 Å². The largest absolute Gasteiger partial charge is 0.726 e. The van der Waals surface area contributed by atoms with Crippen molar-refractivity contribution in [3.63, 3.8) is 0 Å². The van der Waals surface area contributed by atoms with E-state index in [1.54, 1.807) is 103 Å². The van der Waals surface area contributed by atoms with Crippen molar-refractivity contribution in [1.29, 1.82) is 0 Å². The van der Waals surface area contributed by atoms with E-state index in [2.05, 4.69) is 96.1 Å². The van der Waals surface area contributed by atoms with Gasteiger partial charge in [-0.3, -0.25) is 55.1 Å². The maximum Gasteiger partial charge on any atom is 0.240 e. The Morgan fingerprint density at radius 1 is 0.321 bits per heavy atom. The molecule has 0 aromatic heterocycles. The normalized spacial score (nSPS) is 13.1. The van der Waals surface area contributed by atoms with Gasteiger partial charge in [0.2, 0.25) is 51.6 Å². The van der Waals surface area contributed by atoms with E-state index in [1.807, 2.05) is 34.1 Å². The number of nitrogens with one attached hydrogen (secondary N) is 3. The minimum absolute atomic E-state index is 0.0869. The Labute approximate surface area is 762 Å². The summed E-state index contributed by atoms with van der Waals surface area (Å²) < 4.78 is 157. The lowest BCUT2D eigenvalue weighted by molar-refractivity contribution is -0.870. The fourth-order valence-electron chi connectivity index (χ4n) is 13.2. The van der Waals surface area contributed by atoms with E-state index in [4.69, 9.17) is 44.3 Å². The van der Waals surface area contributed by atoms with Crippen LogP contribution in [-0.2, 0) is 74.8 Å². The minimum atomic E-state index is -4.41. The summed E-state index contributed by atoms with van der Waals surface area (Å²) >= 11 is 0. The Kier molecular flexibility index (Phi) is 37.7. The first-order valence-corrected chi connectivity index (χ1v) is 46.4. The number of anilines is 9. The fraction of sp³-hybridized carbons (Fsp3) is 0.341. The first kappa shape index (κ1) is 110. The molecule has 0 radical (unpaired) electrons. The number of primary sulfonamides is 1. The lowest BCUT2D eigenvalue weighted by Crippen LogP contribution is -2.38. The average molecular weight is 1920 g/mol. The molecular weight excluding hydrogens is 1810 g/mol. The second-order valence-corrected chi connectivity index (χ2v) is 39.5. The van der Waals surface area contributed by atoms with Crippen LogP contribution in [0.1, 0.15) is 159 Å². The van der Waals surface area contributed by atoms with E-state index < -0.39 is 57.4 Å². The number of aryl methyl sites for hydroxylation is 1. The van der Waals surface area contributed by atoms with Crippen molar-refractivity contribution in [2.24, 2.45) is 5.14 Å². The standard InChI is InChI=1S/C22H27N3O2.C20H24N4O4S.C20H24N4O2.C19H21N3O3.4CH4O4S/c1-5-14-13-17(24-11-8-12-25(2,3)4)18-19(20(14)23)22(27)16-10-7-6-9-15(16)21(18)26;1-24(2,3)10-6-9-23-14-11-15(29(22,27)28)18(21)17-16(14)19(25)12-7-4-5-8-13(12)20(17)26;1-24(2,3)11-5-10-23-15-9-8-14(22)17-18(15)20(26)16-12(19(17)25)6-4-7-13(16)21;1-22(2,3)9-10-25-14-8-7-13(21)16-17(14)19(24)15-11(18(16)23)5-4-6-12(15)20;4*1-5-6(2,3)4/h6-7,9-10,13H,5,8,11-12H2,1-4H3,(H2-,23,24,26,27);4-5,7-8,11H,6,9-10H2,1-3H3,(H4-,21,22,23,25,26,27,28);4,6-9H,5,10-11H2,1-3H3,(H4-,21,22,23,25,26);4-8H,9-10H2,1-3H3,(H3-,20,21,23,24);4*1H3,(H,2,3,4). The Balaban J connectivity index is 0.000000284. The molecule has 41 nitrogen and oxygen atoms in total. The summed E-state index contributed by atoms with van der Waals surface area (Å²) in [4.78, 5) is 104. The van der Waals surface area contributed by atoms with Crippen LogP contribution in [0.5, 0.6) is 5.75 Å². The summed E-state index contributed by atoms with van der Waals surface area (Å²) in [5.74, 6) is -1.94. The van der Waals surface area contributed by atoms with Gasteiger partial charge in [0, 0.05) is 118 Å². The van der Waals surface area contributed by atoms with Gasteiger partial charge < -0.3 is 91.2 Å². The molecule has 0 unspecified atom stereocenters. The zero-order chi connectivity index (χ0) is 99.6. The molecule has 17 N–H and O–H groups in total. The van der Waals surface area contributed by atoms with Crippen molar-refractivity contribution >= 4 is 149 Å². The highest BCUT2D eigenvalue weighted by atomic mass is 32.3. The number of benzene rings is 8. The molecule has 0 fully saturated rings. The molecule has 8 aromatic carbocycles. The number of fused-ring (bicyclic) bond motifs is 8. The molecule has 0 saturated carbocycles. The van der Waals surface area contributed by atoms with Crippen LogP contribution in [0, 0.1) is 0 Å². The van der Waals surface area contributed by atoms with Crippen LogP contribution in [0.4, 0.5) is 51.2 Å². The maximum absolute atomic E-state index is 13.2. The number of likely N-dealkylation sites (N-methyl/N-ethyl adjacent to an activating group) is 1. The summed E-state index contributed by atoms with van der Waals surface area (Å²) in [6, 6.07) is 33.0. The highest BCUT2D eigenvalue weighted by molar-refractivity contribution is 7.89. The van der Waals surface area contributed by atoms with Gasteiger partial charge in [-0.05, 0) is 60.5 Å². The van der Waals surface area contributed by atoms with Crippen LogP contribution < -0.4 is 60.2 Å². The van der Waals surface area contributed by atoms with Crippen molar-refractivity contribution in [3.8, 4) is 5.75 Å². The molecule has 0 aliphatic heterocycles. The SMILES string of the molecule is CCc1cc(NCCC[N+](C)(C)C)c2c(c1N)C(=O)c1ccccc1C2=O.COS(=O)(=O)[O-].COS(=O)(=O)[O-].COS(=O)(=O)[O-].COS(=O)(=O)[O-].C[N+](C)(C)CCCNc1cc(S(N)(=O)=O)c(N)c2c1C(=O)c1ccccc1C2=O.C[N+](C)(C)CCCNc1ccc(N)c2c1C(=O)c1c(N)cccc1C2=O.C[N+](C)(C)CCOc1ccc(N)c2c1C(=O)c1c(N)cccc1C2=O. The molecule has 714 valence electrons. The number of hydrogen-bond acceptors (Lipinski definition) is 36. The third-order valence-electron chi connectivity index (χ3n) is 19.5. The smallest absolute Gasteiger partial charge is 0.240 e. The molecule has 4 aliphatic rings. The first-order chi connectivity index (χ1) is 60.3. The van der Waals surface area contributed by atoms with Crippen LogP contribution in [0.15, 0.2) is 126 Å². The molecule has 0 amide bonds. The predicted octanol–water partition coefficient (Wildman–Crippen LogP) is 4.53. The summed E-state index contributed by atoms with van der Waals surface area (Å²) in [7, 11) is 6.57. The molecule has 46 heteroatoms. The number of hydrogen-bond donors (Lipinski definition) is 10. The highest BCUT2D eigenvalue weighted by Gasteiger charge is 2.40. The molecule has 0 bridgehead atoms. The number of nitrogens with two attached hydrogens (primary N) is 7. The van der Waals surface area contributed by atoms with Crippen LogP contribution in [0.25, 0.3) is 0 Å². The molecule has 12 rings (SSSR count). The highest BCUT2D eigenvalue weighted by Crippen LogP contribution is 2.43. The molecule has 0 heterocycles. The van der Waals surface area contributed by atoms with Crippen LogP contribution in [-0.4, -0.2) is 290 Å². The van der Waals surface area contributed by atoms with Crippen molar-refractivity contribution in [2.75, 3.05) is 216 Å². The van der Waals surface area contributed by atoms with Gasteiger partial charge in [-0.15, -0.1) is 0 Å². The molecule has 0 spiro atoms. The van der Waals surface area contributed by atoms with Gasteiger partial charge in [-0.1, -0.05) is 79.7 Å². The quantitative estimate of drug-likeness (QED) is 0.0123. The number of carbonyl (C=O) groups excluding carboxylic acids is 8. The van der Waals surface area contributed by atoms with E-state index >= 15 is 0 Å². The predicted molar refractivity (Wildman–Crippen MR) is 489 cm³/mol. The van der Waals surface area contributed by atoms with E-state index in [0.717, 1.165) is 104 Å². The topological polar surface area (TPSA) is 664 Å². The van der Waals surface area contributed by atoms with E-state index in [9.17, 15) is 98.7 Å². The molecule has 131 heavy (non-hydrogen) atoms. The number of nitrogen functional groups attached to an aromatic ring is 6. The van der Waals surface area contributed by atoms with E-state index in [0.29, 0.717) is 93.7 Å². The lowest BCUT2D eigenvalue weighted by Gasteiger charge is -2.25. The van der Waals surface area contributed by atoms with Crippen molar-refractivity contribution in [3.05, 3.63) is 216 Å². The number of quaternary nitrogens is 4. The second kappa shape index (κ2) is 45.0. The van der Waals surface area contributed by atoms with Gasteiger partial charge in [0.25, 0.3) is 0 Å². The summed E-state index contributed by atoms with van der Waals surface area (Å²) in [5, 5.41) is 15.1. The zero-order valence-corrected chi connectivity index (χ0v) is 79.5. The van der Waals surface area contributed by atoms with Crippen LogP contribution in [0.2, 0.25) is 0 Å². The second-order valence-electron chi connectivity index (χ2n) is 33.4. The van der Waals surface area contributed by atoms with E-state index in [1.165, 1.54) is 12.1 Å². The molecule has 0 saturated heterocycles. The Bertz CT molecular complexity index is 6160. The molecule has 4 aliphatic carbocycles. The summed E-state index contributed by atoms with van der Waals surface area (Å²) in [5.41, 5.74) is 44.2. The van der Waals surface area contributed by atoms with Gasteiger partial charge in [0.1, 0.15) is 23.8 Å². The first-order valence-electron chi connectivity index (χ1n) is 39.6. The van der Waals surface area contributed by atoms with Crippen molar-refractivity contribution in [1.82, 2.24) is 0 Å². The summed E-state index contributed by atoms with van der Waals surface area (Å²) in [6.45, 7) is 7.96. The Hall–Kier alpha value is -11.7. The number of nitrogens with zero attached hydrogens (tertiary/aromatic N) is 4. The molecule has 8 aromatic rings. The van der Waals surface area contributed by atoms with Gasteiger partial charge in [-0.25, -0.2) is 47.2 Å². The average Bonchev–Trinajstić information content (AvgIpc) is 0.714. The number of ketones is 8. The maximum atomic E-state index is 13.2. The van der Waals surface area contributed by atoms with E-state index in [-0.39, 0.29) is 124 Å². The third kappa shape index (κ3) is 31.0. The Morgan fingerprint density at radius 3 is 0.939 bits per heavy atom. The van der Waals surface area contributed by atoms with Crippen molar-refractivity contribution in [2.45, 2.75) is 37.5 Å². The monoisotopic (exact) mass is 1920 g/mol. The number of sulfonamides is 1. The zero-order valence-electron chi connectivity index (χ0n) is 75.4. The Morgan fingerprint density at radius 2 is 0.603 bits per heavy atom. The molecular formula is C85H112N14O27S5. The van der Waals surface area contributed by atoms with Crippen molar-refractivity contribution < 1.29 is 138 Å². The summed E-state index contributed by atoms with van der Waals surface area (Å²) in [6.07, 6.45) is 3.37. The van der Waals surface area contributed by atoms with Gasteiger partial charge in [0.05, 0.1) is 194 Å². The van der Waals surface area contributed by atoms with Gasteiger partial charge >= 0.3 is 0 Å². The third-order valence-corrected chi connectivity index (χ3v) is 22.1. The van der Waals surface area contributed by atoms with Crippen LogP contribution >= 0.6 is 0 Å². The van der Waals surface area contributed by atoms with Gasteiger partial charge in [-0.2, -0.15) is 0 Å². The fourth-order valence-corrected chi connectivity index (χ4v) is 13.9. The number of ether oxygens (including phenoxy) is 1. The minimum Gasteiger partial charge on any atom is -0.726 e. The van der Waals surface area contributed by atoms with Gasteiger partial charge in [0.15, 0.2) is 46.3 Å². The number of carbonyl (C=O) groups is 8. The lowest BCUT2D eigenvalue weighted by atomic mass is 9.81.